The molecule has 0 N–H and O–H groups in total. The average Bonchev–Trinajstić information content (AvgIpc) is 2.30. The zero-order valence-corrected chi connectivity index (χ0v) is 13.3. The molecule has 0 saturated heterocycles. The van der Waals surface area contributed by atoms with Gasteiger partial charge in [0.05, 0.1) is 4.92 Å². The predicted molar refractivity (Wildman–Crippen MR) is 81.8 cm³/mol. The minimum atomic E-state index is -0.328. The molecule has 5 nitrogen and oxygen atoms in total. The first-order chi connectivity index (χ1) is 8.86. The third kappa shape index (κ3) is 4.18. The van der Waals surface area contributed by atoms with E-state index < -0.39 is 0 Å². The fourth-order valence-electron chi connectivity index (χ4n) is 2.23. The number of likely N-dealkylation sites (N-methyl/N-ethyl adjacent to an activating group) is 2. The van der Waals surface area contributed by atoms with Crippen LogP contribution in [0.2, 0.25) is 0 Å². The SMILES string of the molecule is CCN(c1ccc(Br)cc1[N+](=O)[O-])C(C)CN(C)C. The summed E-state index contributed by atoms with van der Waals surface area (Å²) in [5.74, 6) is 0. The van der Waals surface area contributed by atoms with Gasteiger partial charge in [-0.15, -0.1) is 0 Å². The number of anilines is 1. The molecule has 0 radical (unpaired) electrons. The fourth-order valence-corrected chi connectivity index (χ4v) is 2.58. The van der Waals surface area contributed by atoms with Gasteiger partial charge < -0.3 is 9.80 Å². The molecule has 1 rings (SSSR count). The van der Waals surface area contributed by atoms with Gasteiger partial charge in [0.15, 0.2) is 0 Å². The summed E-state index contributed by atoms with van der Waals surface area (Å²) >= 11 is 3.28. The molecule has 0 bridgehead atoms. The molecule has 0 heterocycles. The Labute approximate surface area is 122 Å². The minimum absolute atomic E-state index is 0.141. The standard InChI is InChI=1S/C13H20BrN3O2/c1-5-16(10(2)9-15(3)4)12-7-6-11(14)8-13(12)17(18)19/h6-8,10H,5,9H2,1-4H3. The Morgan fingerprint density at radius 2 is 2.05 bits per heavy atom. The van der Waals surface area contributed by atoms with Crippen LogP contribution >= 0.6 is 15.9 Å². The molecule has 0 aliphatic heterocycles. The van der Waals surface area contributed by atoms with Crippen LogP contribution in [-0.2, 0) is 0 Å². The van der Waals surface area contributed by atoms with Gasteiger partial charge in [-0.1, -0.05) is 15.9 Å². The Kier molecular flexibility index (Phi) is 5.75. The van der Waals surface area contributed by atoms with Crippen molar-refractivity contribution in [1.29, 1.82) is 0 Å². The molecule has 1 aromatic rings. The molecule has 0 aromatic heterocycles. The Morgan fingerprint density at radius 3 is 2.53 bits per heavy atom. The van der Waals surface area contributed by atoms with Crippen molar-refractivity contribution in [1.82, 2.24) is 4.90 Å². The number of nitro benzene ring substituents is 1. The van der Waals surface area contributed by atoms with Crippen molar-refractivity contribution >= 4 is 27.3 Å². The summed E-state index contributed by atoms with van der Waals surface area (Å²) in [6.45, 7) is 5.67. The summed E-state index contributed by atoms with van der Waals surface area (Å²) in [6, 6.07) is 5.41. The second-order valence-electron chi connectivity index (χ2n) is 4.79. The highest BCUT2D eigenvalue weighted by atomic mass is 79.9. The van der Waals surface area contributed by atoms with Crippen LogP contribution in [0.15, 0.2) is 22.7 Å². The van der Waals surface area contributed by atoms with Gasteiger partial charge in [0.2, 0.25) is 0 Å². The number of hydrogen-bond acceptors (Lipinski definition) is 4. The Balaban J connectivity index is 3.14. The zero-order valence-electron chi connectivity index (χ0n) is 11.8. The summed E-state index contributed by atoms with van der Waals surface area (Å²) in [6.07, 6.45) is 0. The van der Waals surface area contributed by atoms with Gasteiger partial charge in [-0.05, 0) is 40.1 Å². The van der Waals surface area contributed by atoms with E-state index in [4.69, 9.17) is 0 Å². The molecule has 1 atom stereocenters. The molecule has 1 unspecified atom stereocenters. The zero-order chi connectivity index (χ0) is 14.6. The van der Waals surface area contributed by atoms with E-state index in [0.717, 1.165) is 17.6 Å². The lowest BCUT2D eigenvalue weighted by Gasteiger charge is -2.31. The molecular weight excluding hydrogens is 310 g/mol. The van der Waals surface area contributed by atoms with E-state index in [1.807, 2.05) is 27.1 Å². The van der Waals surface area contributed by atoms with E-state index in [-0.39, 0.29) is 16.7 Å². The van der Waals surface area contributed by atoms with Crippen molar-refractivity contribution < 1.29 is 4.92 Å². The van der Waals surface area contributed by atoms with Gasteiger partial charge in [-0.3, -0.25) is 10.1 Å². The first-order valence-electron chi connectivity index (χ1n) is 6.22. The molecule has 6 heteroatoms. The number of nitro groups is 1. The van der Waals surface area contributed by atoms with Crippen molar-refractivity contribution in [3.05, 3.63) is 32.8 Å². The first kappa shape index (κ1) is 15.9. The largest absolute Gasteiger partial charge is 0.362 e. The lowest BCUT2D eigenvalue weighted by Crippen LogP contribution is -2.40. The highest BCUT2D eigenvalue weighted by Crippen LogP contribution is 2.32. The van der Waals surface area contributed by atoms with Gasteiger partial charge in [0.1, 0.15) is 5.69 Å². The van der Waals surface area contributed by atoms with E-state index in [9.17, 15) is 10.1 Å². The van der Waals surface area contributed by atoms with Crippen molar-refractivity contribution in [3.63, 3.8) is 0 Å². The number of rotatable bonds is 6. The highest BCUT2D eigenvalue weighted by molar-refractivity contribution is 9.10. The average molecular weight is 330 g/mol. The molecule has 0 fully saturated rings. The smallest absolute Gasteiger partial charge is 0.293 e. The van der Waals surface area contributed by atoms with Crippen molar-refractivity contribution in [2.75, 3.05) is 32.1 Å². The van der Waals surface area contributed by atoms with E-state index >= 15 is 0 Å². The van der Waals surface area contributed by atoms with E-state index in [0.29, 0.717) is 5.69 Å². The van der Waals surface area contributed by atoms with Crippen LogP contribution in [0.25, 0.3) is 0 Å². The van der Waals surface area contributed by atoms with Gasteiger partial charge in [-0.25, -0.2) is 0 Å². The van der Waals surface area contributed by atoms with Crippen LogP contribution in [0, 0.1) is 10.1 Å². The maximum atomic E-state index is 11.2. The maximum Gasteiger partial charge on any atom is 0.293 e. The molecule has 19 heavy (non-hydrogen) atoms. The summed E-state index contributed by atoms with van der Waals surface area (Å²) in [5, 5.41) is 11.2. The minimum Gasteiger partial charge on any atom is -0.362 e. The van der Waals surface area contributed by atoms with Crippen molar-refractivity contribution in [3.8, 4) is 0 Å². The van der Waals surface area contributed by atoms with Crippen LogP contribution in [0.1, 0.15) is 13.8 Å². The third-order valence-electron chi connectivity index (χ3n) is 2.95. The van der Waals surface area contributed by atoms with Crippen molar-refractivity contribution in [2.24, 2.45) is 0 Å². The van der Waals surface area contributed by atoms with Crippen LogP contribution in [-0.4, -0.2) is 43.0 Å². The molecule has 0 aliphatic rings. The monoisotopic (exact) mass is 329 g/mol. The third-order valence-corrected chi connectivity index (χ3v) is 3.44. The second-order valence-corrected chi connectivity index (χ2v) is 5.70. The molecule has 106 valence electrons. The molecule has 1 aromatic carbocycles. The first-order valence-corrected chi connectivity index (χ1v) is 7.01. The maximum absolute atomic E-state index is 11.2. The normalized spacial score (nSPS) is 12.5. The predicted octanol–water partition coefficient (Wildman–Crippen LogP) is 3.13. The molecule has 0 spiro atoms. The number of benzene rings is 1. The van der Waals surface area contributed by atoms with Gasteiger partial charge in [0.25, 0.3) is 5.69 Å². The summed E-state index contributed by atoms with van der Waals surface area (Å²) in [7, 11) is 4.00. The quantitative estimate of drug-likeness (QED) is 0.594. The van der Waals surface area contributed by atoms with Gasteiger partial charge in [-0.2, -0.15) is 0 Å². The summed E-state index contributed by atoms with van der Waals surface area (Å²) < 4.78 is 0.722. The van der Waals surface area contributed by atoms with Crippen LogP contribution in [0.3, 0.4) is 0 Å². The second kappa shape index (κ2) is 6.86. The number of halogens is 1. The van der Waals surface area contributed by atoms with Gasteiger partial charge in [0, 0.05) is 29.7 Å². The lowest BCUT2D eigenvalue weighted by atomic mass is 10.2. The van der Waals surface area contributed by atoms with Crippen LogP contribution in [0.4, 0.5) is 11.4 Å². The van der Waals surface area contributed by atoms with Gasteiger partial charge >= 0.3 is 0 Å². The number of hydrogen-bond donors (Lipinski definition) is 0. The Bertz CT molecular complexity index is 452. The molecule has 0 amide bonds. The van der Waals surface area contributed by atoms with E-state index in [1.54, 1.807) is 12.1 Å². The lowest BCUT2D eigenvalue weighted by molar-refractivity contribution is -0.384. The number of nitrogens with zero attached hydrogens (tertiary/aromatic N) is 3. The van der Waals surface area contributed by atoms with E-state index in [1.165, 1.54) is 0 Å². The molecule has 0 aliphatic carbocycles. The van der Waals surface area contributed by atoms with E-state index in [2.05, 4.69) is 32.7 Å². The topological polar surface area (TPSA) is 49.6 Å². The van der Waals surface area contributed by atoms with Crippen molar-refractivity contribution in [2.45, 2.75) is 19.9 Å². The highest BCUT2D eigenvalue weighted by Gasteiger charge is 2.22. The Hall–Kier alpha value is -1.14. The van der Waals surface area contributed by atoms with Crippen LogP contribution in [0.5, 0.6) is 0 Å². The summed E-state index contributed by atoms with van der Waals surface area (Å²) in [5.41, 5.74) is 0.812. The van der Waals surface area contributed by atoms with Crippen LogP contribution < -0.4 is 4.90 Å². The molecule has 0 saturated carbocycles. The Morgan fingerprint density at radius 1 is 1.42 bits per heavy atom. The fraction of sp³-hybridized carbons (Fsp3) is 0.538. The molecular formula is C13H20BrN3O2. The summed E-state index contributed by atoms with van der Waals surface area (Å²) in [4.78, 5) is 15.0.